The van der Waals surface area contributed by atoms with Gasteiger partial charge in [-0.2, -0.15) is 0 Å². The third-order valence-corrected chi connectivity index (χ3v) is 3.50. The summed E-state index contributed by atoms with van der Waals surface area (Å²) in [5.41, 5.74) is 6.29. The number of primary amides is 1. The minimum absolute atomic E-state index is 0.205. The average Bonchev–Trinajstić information content (AvgIpc) is 2.77. The molecular formula is C13H17FN2O. The summed E-state index contributed by atoms with van der Waals surface area (Å²) >= 11 is 0. The van der Waals surface area contributed by atoms with Crippen molar-refractivity contribution in [3.05, 3.63) is 35.6 Å². The van der Waals surface area contributed by atoms with Crippen LogP contribution in [0.4, 0.5) is 4.39 Å². The monoisotopic (exact) mass is 236 g/mol. The lowest BCUT2D eigenvalue weighted by Gasteiger charge is -2.21. The summed E-state index contributed by atoms with van der Waals surface area (Å²) in [7, 11) is 0. The molecule has 2 rings (SSSR count). The molecule has 0 saturated carbocycles. The number of halogens is 1. The smallest absolute Gasteiger partial charge is 0.234 e. The lowest BCUT2D eigenvalue weighted by atomic mass is 9.98. The van der Waals surface area contributed by atoms with Crippen molar-refractivity contribution in [2.24, 2.45) is 5.73 Å². The second kappa shape index (κ2) is 4.84. The SMILES string of the molecule is CC(C(N)=O)N1CCC(c2cccc(F)c2)C1. The number of nitrogens with two attached hydrogens (primary N) is 1. The minimum atomic E-state index is -0.301. The van der Waals surface area contributed by atoms with Gasteiger partial charge in [0.1, 0.15) is 5.82 Å². The molecule has 4 heteroatoms. The zero-order chi connectivity index (χ0) is 12.4. The van der Waals surface area contributed by atoms with Crippen LogP contribution >= 0.6 is 0 Å². The van der Waals surface area contributed by atoms with Crippen LogP contribution in [-0.4, -0.2) is 29.9 Å². The van der Waals surface area contributed by atoms with Gasteiger partial charge in [-0.25, -0.2) is 4.39 Å². The highest BCUT2D eigenvalue weighted by molar-refractivity contribution is 5.79. The molecule has 0 bridgehead atoms. The van der Waals surface area contributed by atoms with E-state index in [2.05, 4.69) is 4.90 Å². The fourth-order valence-electron chi connectivity index (χ4n) is 2.35. The second-order valence-electron chi connectivity index (χ2n) is 4.61. The van der Waals surface area contributed by atoms with E-state index in [9.17, 15) is 9.18 Å². The van der Waals surface area contributed by atoms with Crippen LogP contribution in [-0.2, 0) is 4.79 Å². The van der Waals surface area contributed by atoms with Crippen molar-refractivity contribution in [1.29, 1.82) is 0 Å². The fraction of sp³-hybridized carbons (Fsp3) is 0.462. The van der Waals surface area contributed by atoms with Crippen LogP contribution in [0.3, 0.4) is 0 Å². The molecule has 0 aromatic heterocycles. The molecule has 1 aliphatic rings. The van der Waals surface area contributed by atoms with Crippen molar-refractivity contribution >= 4 is 5.91 Å². The first-order chi connectivity index (χ1) is 8.08. The van der Waals surface area contributed by atoms with Crippen molar-refractivity contribution in [3.8, 4) is 0 Å². The number of benzene rings is 1. The van der Waals surface area contributed by atoms with Gasteiger partial charge >= 0.3 is 0 Å². The minimum Gasteiger partial charge on any atom is -0.368 e. The Balaban J connectivity index is 2.05. The van der Waals surface area contributed by atoms with Gasteiger partial charge in [-0.3, -0.25) is 9.69 Å². The Labute approximate surface area is 100 Å². The molecule has 2 N–H and O–H groups in total. The predicted molar refractivity (Wildman–Crippen MR) is 64.0 cm³/mol. The molecule has 0 radical (unpaired) electrons. The molecule has 0 aliphatic carbocycles. The normalized spacial score (nSPS) is 22.6. The van der Waals surface area contributed by atoms with Gasteiger partial charge < -0.3 is 5.73 Å². The van der Waals surface area contributed by atoms with Crippen LogP contribution in [0.15, 0.2) is 24.3 Å². The van der Waals surface area contributed by atoms with Crippen LogP contribution in [0.25, 0.3) is 0 Å². The van der Waals surface area contributed by atoms with Gasteiger partial charge in [0.25, 0.3) is 0 Å². The third-order valence-electron chi connectivity index (χ3n) is 3.50. The van der Waals surface area contributed by atoms with E-state index in [1.165, 1.54) is 6.07 Å². The molecule has 17 heavy (non-hydrogen) atoms. The lowest BCUT2D eigenvalue weighted by molar-refractivity contribution is -0.122. The van der Waals surface area contributed by atoms with Gasteiger partial charge in [-0.15, -0.1) is 0 Å². The molecule has 0 spiro atoms. The van der Waals surface area contributed by atoms with Crippen molar-refractivity contribution in [3.63, 3.8) is 0 Å². The highest BCUT2D eigenvalue weighted by Gasteiger charge is 2.29. The number of carbonyl (C=O) groups excluding carboxylic acids is 1. The molecule has 2 unspecified atom stereocenters. The van der Waals surface area contributed by atoms with E-state index in [1.54, 1.807) is 12.1 Å². The maximum atomic E-state index is 13.1. The molecule has 1 fully saturated rings. The van der Waals surface area contributed by atoms with Gasteiger partial charge in [-0.05, 0) is 43.5 Å². The Morgan fingerprint density at radius 2 is 2.35 bits per heavy atom. The van der Waals surface area contributed by atoms with Crippen molar-refractivity contribution in [1.82, 2.24) is 4.90 Å². The quantitative estimate of drug-likeness (QED) is 0.864. The first kappa shape index (κ1) is 12.0. The number of likely N-dealkylation sites (tertiary alicyclic amines) is 1. The highest BCUT2D eigenvalue weighted by Crippen LogP contribution is 2.28. The Morgan fingerprint density at radius 3 is 3.00 bits per heavy atom. The molecule has 1 heterocycles. The molecule has 92 valence electrons. The first-order valence-corrected chi connectivity index (χ1v) is 5.87. The summed E-state index contributed by atoms with van der Waals surface area (Å²) in [6.45, 7) is 3.43. The molecule has 1 aromatic carbocycles. The zero-order valence-electron chi connectivity index (χ0n) is 9.90. The molecule has 1 aliphatic heterocycles. The predicted octanol–water partition coefficient (Wildman–Crippen LogP) is 1.49. The Hall–Kier alpha value is -1.42. The Bertz CT molecular complexity index is 422. The first-order valence-electron chi connectivity index (χ1n) is 5.87. The van der Waals surface area contributed by atoms with Crippen LogP contribution in [0, 0.1) is 5.82 Å². The largest absolute Gasteiger partial charge is 0.368 e. The average molecular weight is 236 g/mol. The van der Waals surface area contributed by atoms with E-state index in [0.29, 0.717) is 5.92 Å². The van der Waals surface area contributed by atoms with Gasteiger partial charge in [0, 0.05) is 6.54 Å². The van der Waals surface area contributed by atoms with E-state index in [4.69, 9.17) is 5.73 Å². The van der Waals surface area contributed by atoms with Crippen LogP contribution < -0.4 is 5.73 Å². The summed E-state index contributed by atoms with van der Waals surface area (Å²) in [4.78, 5) is 13.2. The number of hydrogen-bond acceptors (Lipinski definition) is 2. The molecule has 2 atom stereocenters. The van der Waals surface area contributed by atoms with Gasteiger partial charge in [0.05, 0.1) is 6.04 Å². The number of hydrogen-bond donors (Lipinski definition) is 1. The lowest BCUT2D eigenvalue weighted by Crippen LogP contribution is -2.41. The summed E-state index contributed by atoms with van der Waals surface area (Å²) < 4.78 is 13.1. The molecule has 1 aromatic rings. The summed E-state index contributed by atoms with van der Waals surface area (Å²) in [5.74, 6) is -0.207. The Kier molecular flexibility index (Phi) is 3.43. The molecule has 3 nitrogen and oxygen atoms in total. The van der Waals surface area contributed by atoms with Crippen molar-refractivity contribution in [2.75, 3.05) is 13.1 Å². The van der Waals surface area contributed by atoms with E-state index < -0.39 is 0 Å². The Morgan fingerprint density at radius 1 is 1.59 bits per heavy atom. The van der Waals surface area contributed by atoms with E-state index >= 15 is 0 Å². The van der Waals surface area contributed by atoms with Crippen molar-refractivity contribution in [2.45, 2.75) is 25.3 Å². The standard InChI is InChI=1S/C13H17FN2O/c1-9(13(15)17)16-6-5-11(8-16)10-3-2-4-12(14)7-10/h2-4,7,9,11H,5-6,8H2,1H3,(H2,15,17). The summed E-state index contributed by atoms with van der Waals surface area (Å²) in [5, 5.41) is 0. The van der Waals surface area contributed by atoms with Crippen LogP contribution in [0.2, 0.25) is 0 Å². The molecule has 1 amide bonds. The van der Waals surface area contributed by atoms with Crippen LogP contribution in [0.5, 0.6) is 0 Å². The molecule has 1 saturated heterocycles. The van der Waals surface area contributed by atoms with E-state index in [0.717, 1.165) is 25.1 Å². The number of nitrogens with zero attached hydrogens (tertiary/aromatic N) is 1. The van der Waals surface area contributed by atoms with Gasteiger partial charge in [0.15, 0.2) is 0 Å². The second-order valence-corrected chi connectivity index (χ2v) is 4.61. The maximum absolute atomic E-state index is 13.1. The highest BCUT2D eigenvalue weighted by atomic mass is 19.1. The van der Waals surface area contributed by atoms with E-state index in [1.807, 2.05) is 13.0 Å². The van der Waals surface area contributed by atoms with Gasteiger partial charge in [0.2, 0.25) is 5.91 Å². The topological polar surface area (TPSA) is 46.3 Å². The third kappa shape index (κ3) is 2.64. The zero-order valence-corrected chi connectivity index (χ0v) is 9.90. The summed E-state index contributed by atoms with van der Waals surface area (Å²) in [6, 6.07) is 6.44. The maximum Gasteiger partial charge on any atom is 0.234 e. The number of carbonyl (C=O) groups is 1. The van der Waals surface area contributed by atoms with Crippen molar-refractivity contribution < 1.29 is 9.18 Å². The van der Waals surface area contributed by atoms with Crippen LogP contribution in [0.1, 0.15) is 24.8 Å². The number of amides is 1. The number of rotatable bonds is 3. The summed E-state index contributed by atoms with van der Waals surface area (Å²) in [6.07, 6.45) is 0.946. The van der Waals surface area contributed by atoms with Gasteiger partial charge in [-0.1, -0.05) is 12.1 Å². The fourth-order valence-corrected chi connectivity index (χ4v) is 2.35. The molecular weight excluding hydrogens is 219 g/mol. The van der Waals surface area contributed by atoms with E-state index in [-0.39, 0.29) is 17.8 Å².